The average molecular weight is 382 g/mol. The number of alkyl halides is 2. The Morgan fingerprint density at radius 2 is 0.875 bits per heavy atom. The van der Waals surface area contributed by atoms with Crippen molar-refractivity contribution in [1.82, 2.24) is 0 Å². The van der Waals surface area contributed by atoms with Crippen LogP contribution in [0.4, 0.5) is 0 Å². The van der Waals surface area contributed by atoms with Gasteiger partial charge in [0.2, 0.25) is 0 Å². The Labute approximate surface area is 164 Å². The van der Waals surface area contributed by atoms with E-state index in [1.165, 1.54) is 109 Å². The first-order valence-electron chi connectivity index (χ1n) is 10.9. The normalized spacial score (nSPS) is 11.9. The Morgan fingerprint density at radius 3 is 1.33 bits per heavy atom. The molecule has 0 bridgehead atoms. The zero-order valence-electron chi connectivity index (χ0n) is 17.1. The largest absolute Gasteiger partial charge is 0.127 e. The quantitative estimate of drug-likeness (QED) is 0.174. The maximum atomic E-state index is 6.14. The molecule has 148 valence electrons. The van der Waals surface area contributed by atoms with Crippen molar-refractivity contribution in [1.29, 1.82) is 0 Å². The van der Waals surface area contributed by atoms with Crippen molar-refractivity contribution in [2.24, 2.45) is 0 Å². The summed E-state index contributed by atoms with van der Waals surface area (Å²) in [5.41, 5.74) is 0. The standard InChI is InChI=1S/2C11H23Cl/c1-3-5-7-8-10-11(12)9-6-4-2;1-2-3-4-5-6-7-8-9-10-11-12/h11H,3-10H2,1-2H3;2-11H2,1H3. The van der Waals surface area contributed by atoms with Crippen LogP contribution in [0.25, 0.3) is 0 Å². The van der Waals surface area contributed by atoms with E-state index in [1.807, 2.05) is 0 Å². The van der Waals surface area contributed by atoms with Crippen molar-refractivity contribution in [2.45, 2.75) is 135 Å². The van der Waals surface area contributed by atoms with Crippen molar-refractivity contribution in [3.63, 3.8) is 0 Å². The fraction of sp³-hybridized carbons (Fsp3) is 1.00. The van der Waals surface area contributed by atoms with Crippen LogP contribution < -0.4 is 0 Å². The average Bonchev–Trinajstić information content (AvgIpc) is 2.60. The maximum absolute atomic E-state index is 6.14. The maximum Gasteiger partial charge on any atom is 0.0336 e. The first-order valence-corrected chi connectivity index (χ1v) is 11.9. The Kier molecular flexibility index (Phi) is 28.8. The molecule has 0 aliphatic heterocycles. The fourth-order valence-corrected chi connectivity index (χ4v) is 3.27. The number of halogens is 2. The summed E-state index contributed by atoms with van der Waals surface area (Å²) in [6, 6.07) is 0. The molecule has 0 nitrogen and oxygen atoms in total. The van der Waals surface area contributed by atoms with Crippen molar-refractivity contribution < 1.29 is 0 Å². The van der Waals surface area contributed by atoms with Crippen LogP contribution in [0, 0.1) is 0 Å². The lowest BCUT2D eigenvalue weighted by Crippen LogP contribution is -1.97. The highest BCUT2D eigenvalue weighted by molar-refractivity contribution is 6.20. The van der Waals surface area contributed by atoms with Gasteiger partial charge in [0.05, 0.1) is 0 Å². The van der Waals surface area contributed by atoms with Crippen LogP contribution in [0.1, 0.15) is 130 Å². The third-order valence-electron chi connectivity index (χ3n) is 4.48. The number of hydrogen-bond acceptors (Lipinski definition) is 0. The lowest BCUT2D eigenvalue weighted by atomic mass is 10.1. The summed E-state index contributed by atoms with van der Waals surface area (Å²) in [5.74, 6) is 0.843. The molecule has 0 saturated heterocycles. The van der Waals surface area contributed by atoms with E-state index in [9.17, 15) is 0 Å². The molecule has 24 heavy (non-hydrogen) atoms. The molecule has 0 heterocycles. The molecule has 0 aromatic heterocycles. The molecular formula is C22H46Cl2. The van der Waals surface area contributed by atoms with E-state index in [2.05, 4.69) is 20.8 Å². The minimum atomic E-state index is 0.446. The van der Waals surface area contributed by atoms with Gasteiger partial charge in [-0.25, -0.2) is 0 Å². The van der Waals surface area contributed by atoms with Crippen LogP contribution in [0.15, 0.2) is 0 Å². The van der Waals surface area contributed by atoms with Gasteiger partial charge in [0.1, 0.15) is 0 Å². The number of rotatable bonds is 17. The van der Waals surface area contributed by atoms with Gasteiger partial charge in [-0.3, -0.25) is 0 Å². The van der Waals surface area contributed by atoms with Gasteiger partial charge in [-0.15, -0.1) is 23.2 Å². The van der Waals surface area contributed by atoms with Gasteiger partial charge in [0, 0.05) is 11.3 Å². The highest BCUT2D eigenvalue weighted by atomic mass is 35.5. The van der Waals surface area contributed by atoms with Crippen LogP contribution in [0.5, 0.6) is 0 Å². The monoisotopic (exact) mass is 380 g/mol. The first-order chi connectivity index (χ1) is 11.7. The Hall–Kier alpha value is 0.580. The van der Waals surface area contributed by atoms with E-state index in [0.29, 0.717) is 5.38 Å². The molecule has 0 saturated carbocycles. The van der Waals surface area contributed by atoms with Gasteiger partial charge in [-0.1, -0.05) is 111 Å². The summed E-state index contributed by atoms with van der Waals surface area (Å²) < 4.78 is 0. The predicted molar refractivity (Wildman–Crippen MR) is 116 cm³/mol. The van der Waals surface area contributed by atoms with E-state index in [4.69, 9.17) is 23.2 Å². The molecule has 1 unspecified atom stereocenters. The highest BCUT2D eigenvalue weighted by Gasteiger charge is 2.02. The molecule has 2 heteroatoms. The predicted octanol–water partition coefficient (Wildman–Crippen LogP) is 9.51. The molecule has 0 radical (unpaired) electrons. The summed E-state index contributed by atoms with van der Waals surface area (Å²) >= 11 is 11.7. The molecule has 0 aromatic rings. The van der Waals surface area contributed by atoms with Crippen LogP contribution in [0.2, 0.25) is 0 Å². The van der Waals surface area contributed by atoms with Crippen molar-refractivity contribution in [3.8, 4) is 0 Å². The minimum Gasteiger partial charge on any atom is -0.127 e. The van der Waals surface area contributed by atoms with Gasteiger partial charge in [-0.2, -0.15) is 0 Å². The molecule has 1 atom stereocenters. The van der Waals surface area contributed by atoms with Crippen molar-refractivity contribution in [2.75, 3.05) is 5.88 Å². The summed E-state index contributed by atoms with van der Waals surface area (Å²) in [5, 5.41) is 0.446. The second-order valence-electron chi connectivity index (χ2n) is 7.11. The summed E-state index contributed by atoms with van der Waals surface area (Å²) in [7, 11) is 0. The van der Waals surface area contributed by atoms with E-state index in [0.717, 1.165) is 5.88 Å². The molecule has 0 amide bonds. The van der Waals surface area contributed by atoms with E-state index < -0.39 is 0 Å². The van der Waals surface area contributed by atoms with E-state index >= 15 is 0 Å². The third kappa shape index (κ3) is 27.4. The molecule has 0 spiro atoms. The van der Waals surface area contributed by atoms with Crippen LogP contribution >= 0.6 is 23.2 Å². The lowest BCUT2D eigenvalue weighted by molar-refractivity contribution is 0.573. The molecule has 0 rings (SSSR count). The van der Waals surface area contributed by atoms with Gasteiger partial charge in [0.25, 0.3) is 0 Å². The minimum absolute atomic E-state index is 0.446. The Morgan fingerprint density at radius 1 is 0.500 bits per heavy atom. The van der Waals surface area contributed by atoms with Crippen LogP contribution in [-0.4, -0.2) is 11.3 Å². The van der Waals surface area contributed by atoms with Crippen LogP contribution in [0.3, 0.4) is 0 Å². The molecule has 0 N–H and O–H groups in total. The summed E-state index contributed by atoms with van der Waals surface area (Å²) in [4.78, 5) is 0. The van der Waals surface area contributed by atoms with Crippen molar-refractivity contribution in [3.05, 3.63) is 0 Å². The Bertz CT molecular complexity index is 184. The van der Waals surface area contributed by atoms with E-state index in [-0.39, 0.29) is 0 Å². The van der Waals surface area contributed by atoms with Gasteiger partial charge >= 0.3 is 0 Å². The Balaban J connectivity index is 0. The van der Waals surface area contributed by atoms with Gasteiger partial charge in [-0.05, 0) is 19.3 Å². The number of unbranched alkanes of at least 4 members (excludes halogenated alkanes) is 12. The topological polar surface area (TPSA) is 0 Å². The highest BCUT2D eigenvalue weighted by Crippen LogP contribution is 2.15. The van der Waals surface area contributed by atoms with Crippen LogP contribution in [-0.2, 0) is 0 Å². The van der Waals surface area contributed by atoms with Crippen molar-refractivity contribution >= 4 is 23.2 Å². The zero-order valence-corrected chi connectivity index (χ0v) is 18.6. The number of hydrogen-bond donors (Lipinski definition) is 0. The lowest BCUT2D eigenvalue weighted by Gasteiger charge is -2.07. The molecule has 0 aliphatic rings. The molecule has 0 fully saturated rings. The van der Waals surface area contributed by atoms with Gasteiger partial charge < -0.3 is 0 Å². The summed E-state index contributed by atoms with van der Waals surface area (Å²) in [6.45, 7) is 6.73. The second-order valence-corrected chi connectivity index (χ2v) is 8.10. The van der Waals surface area contributed by atoms with Gasteiger partial charge in [0.15, 0.2) is 0 Å². The van der Waals surface area contributed by atoms with E-state index in [1.54, 1.807) is 0 Å². The zero-order chi connectivity index (χ0) is 18.3. The molecular weight excluding hydrogens is 335 g/mol. The fourth-order valence-electron chi connectivity index (χ4n) is 2.77. The SMILES string of the molecule is CCCCCCC(Cl)CCCC.CCCCCCCCCCCCl. The molecule has 0 aliphatic carbocycles. The third-order valence-corrected chi connectivity index (χ3v) is 5.18. The second kappa shape index (κ2) is 25.8. The smallest absolute Gasteiger partial charge is 0.0336 e. The first kappa shape index (κ1) is 26.8. The molecule has 0 aromatic carbocycles. The summed E-state index contributed by atoms with van der Waals surface area (Å²) in [6.07, 6.45) is 22.8.